The summed E-state index contributed by atoms with van der Waals surface area (Å²) in [6.45, 7) is 1.21. The molecule has 2 bridgehead atoms. The predicted molar refractivity (Wildman–Crippen MR) is 103 cm³/mol. The van der Waals surface area contributed by atoms with Crippen LogP contribution in [0.5, 0.6) is 0 Å². The number of fused-ring (bicyclic) bond motifs is 2. The number of nitrogens with one attached hydrogen (secondary N) is 1. The van der Waals surface area contributed by atoms with Gasteiger partial charge in [0.25, 0.3) is 0 Å². The Bertz CT molecular complexity index is 1300. The SMILES string of the molecule is CC12OC(=N)C(C#N)(C1Cc1ccccc1)C(C#N)(C#N)C(c1c(F)c(F)c(F)c(F)c1F)O2. The average molecular weight is 472 g/mol. The first-order chi connectivity index (χ1) is 16.0. The summed E-state index contributed by atoms with van der Waals surface area (Å²) in [7, 11) is 0. The van der Waals surface area contributed by atoms with Crippen LogP contribution < -0.4 is 0 Å². The molecule has 1 N–H and O–H groups in total. The van der Waals surface area contributed by atoms with E-state index in [2.05, 4.69) is 0 Å². The summed E-state index contributed by atoms with van der Waals surface area (Å²) in [4.78, 5) is 0. The third-order valence-electron chi connectivity index (χ3n) is 6.50. The number of halogens is 5. The van der Waals surface area contributed by atoms with Gasteiger partial charge in [0.15, 0.2) is 28.7 Å². The van der Waals surface area contributed by atoms with E-state index in [1.165, 1.54) is 19.1 Å². The lowest BCUT2D eigenvalue weighted by atomic mass is 9.52. The molecule has 34 heavy (non-hydrogen) atoms. The number of hydrogen-bond acceptors (Lipinski definition) is 6. The lowest BCUT2D eigenvalue weighted by Crippen LogP contribution is -2.59. The van der Waals surface area contributed by atoms with Gasteiger partial charge in [-0.1, -0.05) is 30.3 Å². The van der Waals surface area contributed by atoms with Gasteiger partial charge in [0.05, 0.1) is 29.7 Å². The Morgan fingerprint density at radius 1 is 0.882 bits per heavy atom. The van der Waals surface area contributed by atoms with Crippen LogP contribution in [-0.2, 0) is 15.9 Å². The van der Waals surface area contributed by atoms with Crippen LogP contribution in [0.1, 0.15) is 24.2 Å². The molecule has 4 unspecified atom stereocenters. The summed E-state index contributed by atoms with van der Waals surface area (Å²) in [6, 6.07) is 13.1. The number of benzene rings is 2. The standard InChI is InChI=1S/C23H13F5N4O2/c1-21-12(7-11-5-3-2-4-6-11)23(10-31,20(32)34-21)22(8-29,9-30)19(33-21)13-14(24)16(26)18(28)17(27)15(13)25/h2-6,12,19,32H,7H2,1H3. The van der Waals surface area contributed by atoms with Crippen LogP contribution >= 0.6 is 0 Å². The molecule has 2 aromatic carbocycles. The zero-order chi connectivity index (χ0) is 25.1. The number of ether oxygens (including phenoxy) is 2. The van der Waals surface area contributed by atoms with Crippen molar-refractivity contribution in [1.29, 1.82) is 21.2 Å². The van der Waals surface area contributed by atoms with Crippen molar-refractivity contribution in [3.63, 3.8) is 0 Å². The molecular weight excluding hydrogens is 459 g/mol. The Kier molecular flexibility index (Phi) is 5.12. The van der Waals surface area contributed by atoms with Crippen LogP contribution in [0, 0.1) is 85.2 Å². The molecule has 2 aliphatic rings. The van der Waals surface area contributed by atoms with Crippen LogP contribution in [-0.4, -0.2) is 11.7 Å². The third kappa shape index (κ3) is 2.63. The highest BCUT2D eigenvalue weighted by Crippen LogP contribution is 2.67. The summed E-state index contributed by atoms with van der Waals surface area (Å²) in [5.74, 6) is -15.8. The maximum Gasteiger partial charge on any atom is 0.215 e. The van der Waals surface area contributed by atoms with Crippen LogP contribution in [0.3, 0.4) is 0 Å². The van der Waals surface area contributed by atoms with Gasteiger partial charge in [-0.25, -0.2) is 22.0 Å². The minimum atomic E-state index is -2.91. The molecule has 172 valence electrons. The van der Waals surface area contributed by atoms with E-state index in [0.29, 0.717) is 5.56 Å². The second-order valence-corrected chi connectivity index (χ2v) is 8.12. The van der Waals surface area contributed by atoms with Crippen molar-refractivity contribution in [2.24, 2.45) is 16.7 Å². The van der Waals surface area contributed by atoms with Gasteiger partial charge < -0.3 is 9.47 Å². The van der Waals surface area contributed by atoms with E-state index in [0.717, 1.165) is 0 Å². The van der Waals surface area contributed by atoms with E-state index >= 15 is 0 Å². The zero-order valence-corrected chi connectivity index (χ0v) is 17.3. The van der Waals surface area contributed by atoms with Crippen LogP contribution in [0.15, 0.2) is 30.3 Å². The van der Waals surface area contributed by atoms with Crippen molar-refractivity contribution >= 4 is 5.90 Å². The van der Waals surface area contributed by atoms with Gasteiger partial charge in [0.2, 0.25) is 22.9 Å². The minimum absolute atomic E-state index is 0.0672. The van der Waals surface area contributed by atoms with Crippen LogP contribution in [0.25, 0.3) is 0 Å². The Morgan fingerprint density at radius 2 is 1.41 bits per heavy atom. The fourth-order valence-corrected chi connectivity index (χ4v) is 4.85. The maximum atomic E-state index is 14.8. The molecule has 0 radical (unpaired) electrons. The molecule has 0 amide bonds. The molecule has 11 heteroatoms. The first-order valence-electron chi connectivity index (χ1n) is 9.79. The van der Waals surface area contributed by atoms with Crippen molar-refractivity contribution in [2.45, 2.75) is 25.2 Å². The molecule has 0 aromatic heterocycles. The van der Waals surface area contributed by atoms with Gasteiger partial charge in [0.1, 0.15) is 6.10 Å². The number of hydrogen-bond donors (Lipinski definition) is 1. The fraction of sp³-hybridized carbons (Fsp3) is 0.304. The summed E-state index contributed by atoms with van der Waals surface area (Å²) in [5.41, 5.74) is -6.38. The number of nitriles is 3. The Morgan fingerprint density at radius 3 is 1.91 bits per heavy atom. The smallest absolute Gasteiger partial charge is 0.215 e. The highest BCUT2D eigenvalue weighted by Gasteiger charge is 2.79. The van der Waals surface area contributed by atoms with Gasteiger partial charge in [-0.15, -0.1) is 0 Å². The summed E-state index contributed by atoms with van der Waals surface area (Å²) >= 11 is 0. The predicted octanol–water partition coefficient (Wildman–Crippen LogP) is 4.58. The van der Waals surface area contributed by atoms with Crippen molar-refractivity contribution in [2.75, 3.05) is 0 Å². The second kappa shape index (κ2) is 7.51. The van der Waals surface area contributed by atoms with Crippen LogP contribution in [0.4, 0.5) is 22.0 Å². The Labute approximate surface area is 189 Å². The Hall–Kier alpha value is -4.01. The van der Waals surface area contributed by atoms with Crippen LogP contribution in [0.2, 0.25) is 0 Å². The first-order valence-corrected chi connectivity index (χ1v) is 9.79. The topological polar surface area (TPSA) is 114 Å². The quantitative estimate of drug-likeness (QED) is 0.399. The molecular formula is C23H13F5N4O2. The largest absolute Gasteiger partial charge is 0.448 e. The average Bonchev–Trinajstić information content (AvgIpc) is 2.99. The number of rotatable bonds is 3. The molecule has 4 atom stereocenters. The highest BCUT2D eigenvalue weighted by atomic mass is 19.2. The molecule has 2 saturated heterocycles. The first kappa shape index (κ1) is 23.2. The van der Waals surface area contributed by atoms with E-state index in [9.17, 15) is 37.7 Å². The molecule has 4 rings (SSSR count). The van der Waals surface area contributed by atoms with Crippen molar-refractivity contribution in [3.05, 3.63) is 70.5 Å². The van der Waals surface area contributed by atoms with E-state index in [4.69, 9.17) is 14.9 Å². The fourth-order valence-electron chi connectivity index (χ4n) is 4.85. The third-order valence-corrected chi connectivity index (χ3v) is 6.50. The summed E-state index contributed by atoms with van der Waals surface area (Å²) in [6.07, 6.45) is -2.52. The molecule has 0 saturated carbocycles. The Balaban J connectivity index is 2.03. The molecule has 6 nitrogen and oxygen atoms in total. The minimum Gasteiger partial charge on any atom is -0.448 e. The molecule has 2 fully saturated rings. The van der Waals surface area contributed by atoms with Crippen molar-refractivity contribution < 1.29 is 31.4 Å². The van der Waals surface area contributed by atoms with Gasteiger partial charge in [0, 0.05) is 6.92 Å². The molecule has 2 aromatic rings. The van der Waals surface area contributed by atoms with Crippen molar-refractivity contribution in [3.8, 4) is 18.2 Å². The highest BCUT2D eigenvalue weighted by molar-refractivity contribution is 5.89. The van der Waals surface area contributed by atoms with Gasteiger partial charge >= 0.3 is 0 Å². The molecule has 2 heterocycles. The lowest BCUT2D eigenvalue weighted by molar-refractivity contribution is -0.273. The summed E-state index contributed by atoms with van der Waals surface area (Å²) < 4.78 is 82.4. The van der Waals surface area contributed by atoms with E-state index in [-0.39, 0.29) is 6.42 Å². The van der Waals surface area contributed by atoms with E-state index < -0.39 is 69.2 Å². The van der Waals surface area contributed by atoms with E-state index in [1.54, 1.807) is 36.4 Å². The molecule has 0 aliphatic carbocycles. The van der Waals surface area contributed by atoms with Gasteiger partial charge in [-0.2, -0.15) is 15.8 Å². The second-order valence-electron chi connectivity index (χ2n) is 8.12. The summed E-state index contributed by atoms with van der Waals surface area (Å²) in [5, 5.41) is 38.8. The molecule has 0 spiro atoms. The van der Waals surface area contributed by atoms with Gasteiger partial charge in [-0.3, -0.25) is 5.41 Å². The van der Waals surface area contributed by atoms with Crippen molar-refractivity contribution in [1.82, 2.24) is 0 Å². The van der Waals surface area contributed by atoms with E-state index in [1.807, 2.05) is 0 Å². The lowest BCUT2D eigenvalue weighted by Gasteiger charge is -2.48. The maximum absolute atomic E-state index is 14.8. The number of nitrogens with zero attached hydrogens (tertiary/aromatic N) is 3. The normalized spacial score (nSPS) is 29.0. The monoisotopic (exact) mass is 472 g/mol. The van der Waals surface area contributed by atoms with Gasteiger partial charge in [-0.05, 0) is 12.0 Å². The zero-order valence-electron chi connectivity index (χ0n) is 17.3. The molecule has 2 aliphatic heterocycles.